The van der Waals surface area contributed by atoms with Gasteiger partial charge in [-0.05, 0) is 74.4 Å². The van der Waals surface area contributed by atoms with Crippen molar-refractivity contribution in [1.29, 1.82) is 0 Å². The van der Waals surface area contributed by atoms with Crippen molar-refractivity contribution in [3.05, 3.63) is 33.9 Å². The van der Waals surface area contributed by atoms with Crippen molar-refractivity contribution < 1.29 is 37.4 Å². The van der Waals surface area contributed by atoms with Crippen molar-refractivity contribution in [3.63, 3.8) is 0 Å². The zero-order valence-electron chi connectivity index (χ0n) is 22.5. The maximum Gasteiger partial charge on any atom is 0.344 e. The van der Waals surface area contributed by atoms with E-state index in [2.05, 4.69) is 32.6 Å². The van der Waals surface area contributed by atoms with Crippen molar-refractivity contribution >= 4 is 50.0 Å². The van der Waals surface area contributed by atoms with Crippen LogP contribution in [0.2, 0.25) is 0 Å². The Morgan fingerprint density at radius 2 is 1.92 bits per heavy atom. The largest absolute Gasteiger partial charge is 0.496 e. The zero-order valence-corrected chi connectivity index (χ0v) is 26.4. The quantitative estimate of drug-likeness (QED) is 0.0559. The number of esters is 1. The van der Waals surface area contributed by atoms with E-state index in [0.29, 0.717) is 44.0 Å². The van der Waals surface area contributed by atoms with Gasteiger partial charge in [-0.2, -0.15) is 0 Å². The molecule has 0 fully saturated rings. The Labute approximate surface area is 236 Å². The van der Waals surface area contributed by atoms with E-state index in [1.165, 1.54) is 0 Å². The second-order valence-corrected chi connectivity index (χ2v) is 12.5. The molecule has 2 rings (SSSR count). The summed E-state index contributed by atoms with van der Waals surface area (Å²) in [6.07, 6.45) is 5.05. The number of halogens is 1. The number of carbonyl (C=O) groups excluding carboxylic acids is 2. The molecule has 0 amide bonds. The van der Waals surface area contributed by atoms with Crippen LogP contribution in [-0.4, -0.2) is 58.3 Å². The number of fused-ring (bicyclic) bond motifs is 1. The number of allylic oxidation sites excluding steroid dienone is 2. The number of ether oxygens (including phenoxy) is 3. The zero-order chi connectivity index (χ0) is 27.8. The van der Waals surface area contributed by atoms with Gasteiger partial charge in [0, 0.05) is 23.3 Å². The van der Waals surface area contributed by atoms with Crippen LogP contribution >= 0.6 is 37.7 Å². The number of benzene rings is 1. The number of rotatable bonds is 16. The smallest absolute Gasteiger partial charge is 0.344 e. The van der Waals surface area contributed by atoms with Gasteiger partial charge in [0.2, 0.25) is 0 Å². The Balaban J connectivity index is 0.000000525. The molecule has 1 aliphatic heterocycles. The number of hydrogen-bond donors (Lipinski definition) is 1. The third-order valence-electron chi connectivity index (χ3n) is 5.35. The molecule has 0 aliphatic carbocycles. The number of nitrogens with one attached hydrogen (secondary N) is 1. The molecule has 210 valence electrons. The van der Waals surface area contributed by atoms with Crippen LogP contribution in [0.1, 0.15) is 60.7 Å². The second-order valence-electron chi connectivity index (χ2n) is 7.98. The summed E-state index contributed by atoms with van der Waals surface area (Å²) in [5.41, 5.74) is 4.25. The van der Waals surface area contributed by atoms with Gasteiger partial charge >= 0.3 is 13.6 Å². The first-order valence-corrected chi connectivity index (χ1v) is 17.4. The molecule has 0 saturated carbocycles. The lowest BCUT2D eigenvalue weighted by Crippen LogP contribution is -2.12. The van der Waals surface area contributed by atoms with Crippen molar-refractivity contribution in [3.8, 4) is 11.5 Å². The SMILES string of the molecule is CCOP(=O)(CNC)OCC.COc1c(C)c2c(c(OCCSI)c1C/C=C(\C)CCC=O)C(=O)OC2. The Bertz CT molecular complexity index is 949. The normalized spacial score (nSPS) is 12.9. The van der Waals surface area contributed by atoms with E-state index in [0.717, 1.165) is 46.5 Å². The van der Waals surface area contributed by atoms with E-state index < -0.39 is 7.60 Å². The van der Waals surface area contributed by atoms with Gasteiger partial charge in [-0.25, -0.2) is 4.79 Å². The van der Waals surface area contributed by atoms with Gasteiger partial charge in [0.25, 0.3) is 0 Å². The summed E-state index contributed by atoms with van der Waals surface area (Å²) in [7, 11) is 2.16. The minimum absolute atomic E-state index is 0.252. The molecule has 9 nitrogen and oxygen atoms in total. The van der Waals surface area contributed by atoms with Crippen molar-refractivity contribution in [2.75, 3.05) is 46.0 Å². The number of carbonyl (C=O) groups is 2. The van der Waals surface area contributed by atoms with Gasteiger partial charge in [-0.1, -0.05) is 20.6 Å². The highest BCUT2D eigenvalue weighted by Gasteiger charge is 2.33. The van der Waals surface area contributed by atoms with Crippen LogP contribution in [0, 0.1) is 6.92 Å². The highest BCUT2D eigenvalue weighted by atomic mass is 127. The Morgan fingerprint density at radius 1 is 1.24 bits per heavy atom. The molecule has 0 aromatic heterocycles. The number of hydrogen-bond acceptors (Lipinski definition) is 10. The Kier molecular flexibility index (Phi) is 16.7. The molecule has 0 bridgehead atoms. The fraction of sp³-hybridized carbons (Fsp3) is 0.600. The van der Waals surface area contributed by atoms with Gasteiger partial charge in [0.1, 0.15) is 30.0 Å². The minimum Gasteiger partial charge on any atom is -0.496 e. The molecular weight excluding hydrogens is 632 g/mol. The van der Waals surface area contributed by atoms with E-state index in [9.17, 15) is 14.2 Å². The van der Waals surface area contributed by atoms with Crippen LogP contribution in [-0.2, 0) is 36.2 Å². The van der Waals surface area contributed by atoms with Crippen LogP contribution in [0.5, 0.6) is 11.5 Å². The van der Waals surface area contributed by atoms with E-state index in [1.54, 1.807) is 36.9 Å². The summed E-state index contributed by atoms with van der Waals surface area (Å²) >= 11 is 2.22. The molecule has 0 unspecified atom stereocenters. The lowest BCUT2D eigenvalue weighted by Gasteiger charge is -2.19. The summed E-state index contributed by atoms with van der Waals surface area (Å²) in [4.78, 5) is 22.9. The average Bonchev–Trinajstić information content (AvgIpc) is 3.25. The average molecular weight is 672 g/mol. The van der Waals surface area contributed by atoms with Crippen LogP contribution in [0.25, 0.3) is 0 Å². The standard InChI is InChI=1S/C19H23IO5S.C6H16NO3P/c1-12(5-4-8-21)6-7-14-17(23-3)13(2)15-11-25-19(22)16(15)18(14)24-9-10-26-20;1-4-9-11(8,6-7-3)10-5-2/h6,8H,4-5,7,9-11H2,1-3H3;7H,4-6H2,1-3H3/b12-6+;. The van der Waals surface area contributed by atoms with Crippen LogP contribution in [0.15, 0.2) is 11.6 Å². The van der Waals surface area contributed by atoms with E-state index in [1.807, 2.05) is 13.8 Å². The van der Waals surface area contributed by atoms with E-state index in [4.69, 9.17) is 23.3 Å². The maximum atomic E-state index is 12.3. The molecule has 0 atom stereocenters. The molecule has 1 heterocycles. The van der Waals surface area contributed by atoms with Crippen molar-refractivity contribution in [2.45, 2.75) is 53.6 Å². The molecule has 1 aromatic rings. The monoisotopic (exact) mass is 671 g/mol. The van der Waals surface area contributed by atoms with Gasteiger partial charge in [0.05, 0.1) is 33.2 Å². The summed E-state index contributed by atoms with van der Waals surface area (Å²) in [5.74, 6) is 1.77. The second kappa shape index (κ2) is 18.2. The number of cyclic esters (lactones) is 1. The molecule has 0 spiro atoms. The lowest BCUT2D eigenvalue weighted by atomic mass is 9.94. The van der Waals surface area contributed by atoms with Crippen molar-refractivity contribution in [2.24, 2.45) is 0 Å². The molecule has 0 radical (unpaired) electrons. The third kappa shape index (κ3) is 10.5. The number of methoxy groups -OCH3 is 1. The van der Waals surface area contributed by atoms with Crippen LogP contribution < -0.4 is 14.8 Å². The molecule has 37 heavy (non-hydrogen) atoms. The summed E-state index contributed by atoms with van der Waals surface area (Å²) in [5, 5.41) is 2.76. The van der Waals surface area contributed by atoms with Gasteiger partial charge in [-0.15, -0.1) is 0 Å². The van der Waals surface area contributed by atoms with Gasteiger partial charge < -0.3 is 33.4 Å². The van der Waals surface area contributed by atoms with Gasteiger partial charge in [-0.3, -0.25) is 4.57 Å². The Morgan fingerprint density at radius 3 is 2.46 bits per heavy atom. The molecule has 1 aliphatic rings. The minimum atomic E-state index is -2.83. The summed E-state index contributed by atoms with van der Waals surface area (Å²) in [6.45, 7) is 9.11. The van der Waals surface area contributed by atoms with Gasteiger partial charge in [0.15, 0.2) is 0 Å². The molecule has 1 aromatic carbocycles. The predicted octanol–water partition coefficient (Wildman–Crippen LogP) is 6.03. The highest BCUT2D eigenvalue weighted by Crippen LogP contribution is 2.46. The first kappa shape index (κ1) is 33.9. The molecule has 0 saturated heterocycles. The molecule has 1 N–H and O–H groups in total. The number of aldehydes is 1. The molecule has 12 heteroatoms. The third-order valence-corrected chi connectivity index (χ3v) is 9.00. The van der Waals surface area contributed by atoms with Crippen LogP contribution in [0.4, 0.5) is 0 Å². The summed E-state index contributed by atoms with van der Waals surface area (Å²) in [6, 6.07) is 0. The highest BCUT2D eigenvalue weighted by molar-refractivity contribution is 14.2. The fourth-order valence-corrected chi connectivity index (χ4v) is 5.84. The molecular formula is C25H39INO8PS. The maximum absolute atomic E-state index is 12.3. The first-order valence-electron chi connectivity index (χ1n) is 12.1. The Hall–Kier alpha value is -1.11. The predicted molar refractivity (Wildman–Crippen MR) is 156 cm³/mol. The van der Waals surface area contributed by atoms with E-state index in [-0.39, 0.29) is 18.9 Å². The lowest BCUT2D eigenvalue weighted by molar-refractivity contribution is -0.107. The van der Waals surface area contributed by atoms with Crippen molar-refractivity contribution in [1.82, 2.24) is 5.32 Å². The van der Waals surface area contributed by atoms with E-state index >= 15 is 0 Å². The topological polar surface area (TPSA) is 109 Å². The van der Waals surface area contributed by atoms with Crippen LogP contribution in [0.3, 0.4) is 0 Å². The summed E-state index contributed by atoms with van der Waals surface area (Å²) < 4.78 is 38.4. The first-order chi connectivity index (χ1) is 17.7. The fourth-order valence-electron chi connectivity index (χ4n) is 3.72.